The van der Waals surface area contributed by atoms with E-state index in [-0.39, 0.29) is 11.1 Å². The van der Waals surface area contributed by atoms with Gasteiger partial charge in [0.1, 0.15) is 5.65 Å². The predicted octanol–water partition coefficient (Wildman–Crippen LogP) is 3.84. The Bertz CT molecular complexity index is 1430. The van der Waals surface area contributed by atoms with Gasteiger partial charge in [0.05, 0.1) is 5.69 Å². The minimum Gasteiger partial charge on any atom is -0.355 e. The maximum Gasteiger partial charge on any atom is 0.255 e. The normalized spacial score (nSPS) is 12.9. The number of benzene rings is 2. The molecule has 5 rings (SSSR count). The zero-order valence-corrected chi connectivity index (χ0v) is 17.3. The van der Waals surface area contributed by atoms with Gasteiger partial charge in [-0.05, 0) is 67.1 Å². The smallest absolute Gasteiger partial charge is 0.255 e. The highest BCUT2D eigenvalue weighted by atomic mass is 19.2. The lowest BCUT2D eigenvalue weighted by atomic mass is 9.98. The monoisotopic (exact) mass is 447 g/mol. The molecule has 0 aliphatic carbocycles. The molecule has 0 fully saturated rings. The Balaban J connectivity index is 1.39. The van der Waals surface area contributed by atoms with Crippen LogP contribution in [-0.4, -0.2) is 22.4 Å². The topological polar surface area (TPSA) is 98.9 Å². The van der Waals surface area contributed by atoms with E-state index in [0.717, 1.165) is 53.0 Å². The van der Waals surface area contributed by atoms with Gasteiger partial charge in [-0.3, -0.25) is 9.59 Å². The number of anilines is 3. The Morgan fingerprint density at radius 3 is 2.55 bits per heavy atom. The molecule has 0 spiro atoms. The number of amides is 1. The van der Waals surface area contributed by atoms with E-state index in [1.165, 1.54) is 6.07 Å². The molecule has 4 N–H and O–H groups in total. The second kappa shape index (κ2) is 8.44. The third kappa shape index (κ3) is 4.06. The van der Waals surface area contributed by atoms with Crippen LogP contribution in [0.2, 0.25) is 0 Å². The molecule has 4 aromatic rings. The minimum absolute atomic E-state index is 0.0209. The SMILES string of the molecule is O=C(Nc1ccc(Nc2ccnc3[nH]c(=O)c4c(c23)CCNC4)cc1)c1ccc(F)c(F)c1. The number of fused-ring (bicyclic) bond motifs is 3. The summed E-state index contributed by atoms with van der Waals surface area (Å²) in [6.07, 6.45) is 2.36. The van der Waals surface area contributed by atoms with Crippen molar-refractivity contribution in [3.63, 3.8) is 0 Å². The molecule has 2 aromatic heterocycles. The van der Waals surface area contributed by atoms with E-state index >= 15 is 0 Å². The number of rotatable bonds is 4. The molecule has 1 aliphatic heterocycles. The number of nitrogens with one attached hydrogen (secondary N) is 4. The maximum absolute atomic E-state index is 13.4. The molecule has 9 heteroatoms. The largest absolute Gasteiger partial charge is 0.355 e. The third-order valence-corrected chi connectivity index (χ3v) is 5.58. The van der Waals surface area contributed by atoms with Crippen LogP contribution in [0.1, 0.15) is 21.5 Å². The predicted molar refractivity (Wildman–Crippen MR) is 122 cm³/mol. The van der Waals surface area contributed by atoms with Crippen molar-refractivity contribution in [1.29, 1.82) is 0 Å². The molecule has 0 saturated heterocycles. The summed E-state index contributed by atoms with van der Waals surface area (Å²) < 4.78 is 26.5. The fourth-order valence-corrected chi connectivity index (χ4v) is 3.96. The molecule has 3 heterocycles. The highest BCUT2D eigenvalue weighted by molar-refractivity contribution is 6.04. The molecule has 0 saturated carbocycles. The molecule has 2 aromatic carbocycles. The van der Waals surface area contributed by atoms with Gasteiger partial charge in [0.2, 0.25) is 0 Å². The van der Waals surface area contributed by atoms with Crippen molar-refractivity contribution in [3.8, 4) is 0 Å². The molecule has 33 heavy (non-hydrogen) atoms. The summed E-state index contributed by atoms with van der Waals surface area (Å²) in [4.78, 5) is 31.9. The van der Waals surface area contributed by atoms with Crippen molar-refractivity contribution in [3.05, 3.63) is 93.4 Å². The third-order valence-electron chi connectivity index (χ3n) is 5.58. The number of carbonyl (C=O) groups excluding carboxylic acids is 1. The molecule has 0 atom stereocenters. The number of H-pyrrole nitrogens is 1. The molecule has 0 bridgehead atoms. The van der Waals surface area contributed by atoms with Crippen LogP contribution in [0.4, 0.5) is 25.8 Å². The minimum atomic E-state index is -1.08. The van der Waals surface area contributed by atoms with Gasteiger partial charge >= 0.3 is 0 Å². The number of hydrogen-bond donors (Lipinski definition) is 4. The Labute approximate surface area is 186 Å². The second-order valence-electron chi connectivity index (χ2n) is 7.71. The molecular formula is C24H19F2N5O2. The molecule has 1 aliphatic rings. The van der Waals surface area contributed by atoms with Crippen molar-refractivity contribution in [1.82, 2.24) is 15.3 Å². The van der Waals surface area contributed by atoms with Gasteiger partial charge in [0.15, 0.2) is 11.6 Å². The van der Waals surface area contributed by atoms with Crippen LogP contribution in [0.15, 0.2) is 59.5 Å². The second-order valence-corrected chi connectivity index (χ2v) is 7.71. The van der Waals surface area contributed by atoms with E-state index in [4.69, 9.17) is 0 Å². The van der Waals surface area contributed by atoms with Crippen molar-refractivity contribution in [2.45, 2.75) is 13.0 Å². The first-order valence-electron chi connectivity index (χ1n) is 10.4. The summed E-state index contributed by atoms with van der Waals surface area (Å²) in [5.74, 6) is -2.63. The first kappa shape index (κ1) is 20.8. The van der Waals surface area contributed by atoms with Crippen molar-refractivity contribution in [2.24, 2.45) is 0 Å². The number of carbonyl (C=O) groups is 1. The standard InChI is InChI=1S/C24H19F2N5O2/c25-18-6-1-13(11-19(18)26)23(32)30-15-4-2-14(3-5-15)29-20-8-10-28-22-21(20)16-7-9-27-12-17(16)24(33)31-22/h1-6,8,10-11,27H,7,9,12H2,(H,30,32)(H2,28,29,31,33). The Morgan fingerprint density at radius 2 is 1.76 bits per heavy atom. The quantitative estimate of drug-likeness (QED) is 0.381. The first-order valence-corrected chi connectivity index (χ1v) is 10.4. The molecule has 7 nitrogen and oxygen atoms in total. The van der Waals surface area contributed by atoms with E-state index in [1.807, 2.05) is 6.07 Å². The zero-order valence-electron chi connectivity index (χ0n) is 17.3. The van der Waals surface area contributed by atoms with E-state index < -0.39 is 17.5 Å². The van der Waals surface area contributed by atoms with E-state index in [1.54, 1.807) is 30.5 Å². The van der Waals surface area contributed by atoms with Crippen molar-refractivity contribution in [2.75, 3.05) is 17.2 Å². The lowest BCUT2D eigenvalue weighted by Crippen LogP contribution is -2.30. The average molecular weight is 447 g/mol. The lowest BCUT2D eigenvalue weighted by molar-refractivity contribution is 0.102. The van der Waals surface area contributed by atoms with Crippen LogP contribution in [0.25, 0.3) is 11.0 Å². The van der Waals surface area contributed by atoms with E-state index in [2.05, 4.69) is 25.9 Å². The van der Waals surface area contributed by atoms with Crippen LogP contribution >= 0.6 is 0 Å². The number of halogens is 2. The summed E-state index contributed by atoms with van der Waals surface area (Å²) >= 11 is 0. The average Bonchev–Trinajstić information content (AvgIpc) is 2.82. The van der Waals surface area contributed by atoms with Crippen molar-refractivity contribution < 1.29 is 13.6 Å². The van der Waals surface area contributed by atoms with E-state index in [9.17, 15) is 18.4 Å². The molecular weight excluding hydrogens is 428 g/mol. The van der Waals surface area contributed by atoms with Crippen LogP contribution in [0, 0.1) is 11.6 Å². The van der Waals surface area contributed by atoms with Crippen LogP contribution < -0.4 is 21.5 Å². The number of hydrogen-bond acceptors (Lipinski definition) is 5. The lowest BCUT2D eigenvalue weighted by Gasteiger charge is -2.20. The fourth-order valence-electron chi connectivity index (χ4n) is 3.96. The summed E-state index contributed by atoms with van der Waals surface area (Å²) in [6, 6.07) is 11.8. The highest BCUT2D eigenvalue weighted by Crippen LogP contribution is 2.29. The summed E-state index contributed by atoms with van der Waals surface area (Å²) in [7, 11) is 0. The molecule has 1 amide bonds. The van der Waals surface area contributed by atoms with E-state index in [0.29, 0.717) is 17.9 Å². The van der Waals surface area contributed by atoms with Crippen LogP contribution in [-0.2, 0) is 13.0 Å². The Kier molecular flexibility index (Phi) is 5.31. The summed E-state index contributed by atoms with van der Waals surface area (Å²) in [5.41, 5.74) is 4.21. The van der Waals surface area contributed by atoms with Gasteiger partial charge in [-0.15, -0.1) is 0 Å². The Hall–Kier alpha value is -4.11. The van der Waals surface area contributed by atoms with Gasteiger partial charge < -0.3 is 20.9 Å². The Morgan fingerprint density at radius 1 is 0.970 bits per heavy atom. The van der Waals surface area contributed by atoms with Gasteiger partial charge in [-0.25, -0.2) is 13.8 Å². The van der Waals surface area contributed by atoms with Gasteiger partial charge in [0.25, 0.3) is 11.5 Å². The number of nitrogens with zero attached hydrogens (tertiary/aromatic N) is 1. The molecule has 0 radical (unpaired) electrons. The first-order chi connectivity index (χ1) is 16.0. The van der Waals surface area contributed by atoms with Gasteiger partial charge in [-0.2, -0.15) is 0 Å². The van der Waals surface area contributed by atoms with Gasteiger partial charge in [-0.1, -0.05) is 0 Å². The summed E-state index contributed by atoms with van der Waals surface area (Å²) in [6.45, 7) is 1.30. The highest BCUT2D eigenvalue weighted by Gasteiger charge is 2.19. The van der Waals surface area contributed by atoms with Crippen molar-refractivity contribution >= 4 is 34.0 Å². The van der Waals surface area contributed by atoms with Crippen LogP contribution in [0.3, 0.4) is 0 Å². The van der Waals surface area contributed by atoms with Gasteiger partial charge in [0, 0.05) is 40.6 Å². The fraction of sp³-hybridized carbons (Fsp3) is 0.125. The molecule has 166 valence electrons. The number of aromatic nitrogens is 2. The molecule has 0 unspecified atom stereocenters. The van der Waals surface area contributed by atoms with Crippen LogP contribution in [0.5, 0.6) is 0 Å². The zero-order chi connectivity index (χ0) is 22.9. The maximum atomic E-state index is 13.4. The summed E-state index contributed by atoms with van der Waals surface area (Å²) in [5, 5.41) is 10.1. The number of aromatic amines is 1. The number of pyridine rings is 2.